The number of fused-ring (bicyclic) bond motifs is 11. The van der Waals surface area contributed by atoms with Crippen LogP contribution in [0.2, 0.25) is 0 Å². The van der Waals surface area contributed by atoms with Crippen LogP contribution in [0.1, 0.15) is 22.3 Å². The van der Waals surface area contributed by atoms with Crippen LogP contribution >= 0.6 is 0 Å². The molecule has 7 heteroatoms. The topological polar surface area (TPSA) is 85.7 Å². The highest BCUT2D eigenvalue weighted by Gasteiger charge is 2.51. The van der Waals surface area contributed by atoms with E-state index >= 15 is 0 Å². The molecule has 2 aromatic heterocycles. The van der Waals surface area contributed by atoms with Crippen molar-refractivity contribution in [2.75, 3.05) is 0 Å². The number of aromatic nitrogens is 4. The average Bonchev–Trinajstić information content (AvgIpc) is 3.40. The van der Waals surface area contributed by atoms with Gasteiger partial charge in [0.15, 0.2) is 17.5 Å². The van der Waals surface area contributed by atoms with E-state index in [4.69, 9.17) is 15.0 Å². The van der Waals surface area contributed by atoms with Crippen molar-refractivity contribution in [3.63, 3.8) is 0 Å². The molecule has 274 valence electrons. The van der Waals surface area contributed by atoms with E-state index in [9.17, 15) is 8.42 Å². The molecule has 9 aromatic rings. The van der Waals surface area contributed by atoms with Gasteiger partial charge in [0.05, 0.1) is 15.2 Å². The summed E-state index contributed by atoms with van der Waals surface area (Å²) >= 11 is 0. The highest BCUT2D eigenvalue weighted by molar-refractivity contribution is 7.91. The van der Waals surface area contributed by atoms with Crippen LogP contribution in [0, 0.1) is 0 Å². The lowest BCUT2D eigenvalue weighted by Crippen LogP contribution is -2.38. The molecule has 11 rings (SSSR count). The maximum atomic E-state index is 14.6. The van der Waals surface area contributed by atoms with Gasteiger partial charge in [-0.3, -0.25) is 4.98 Å². The van der Waals surface area contributed by atoms with Crippen molar-refractivity contribution in [3.05, 3.63) is 217 Å². The van der Waals surface area contributed by atoms with Crippen LogP contribution in [-0.2, 0) is 15.3 Å². The first-order valence-electron chi connectivity index (χ1n) is 19.1. The summed E-state index contributed by atoms with van der Waals surface area (Å²) in [6.45, 7) is 0. The fraction of sp³-hybridized carbons (Fsp3) is 0.0196. The van der Waals surface area contributed by atoms with Gasteiger partial charge in [0.1, 0.15) is 0 Å². The van der Waals surface area contributed by atoms with E-state index in [1.54, 1.807) is 18.3 Å². The molecule has 1 spiro atoms. The summed E-state index contributed by atoms with van der Waals surface area (Å²) in [4.78, 5) is 20.2. The summed E-state index contributed by atoms with van der Waals surface area (Å²) < 4.78 is 29.1. The zero-order valence-corrected chi connectivity index (χ0v) is 31.8. The maximum absolute atomic E-state index is 14.6. The van der Waals surface area contributed by atoms with Crippen LogP contribution in [0.25, 0.3) is 67.5 Å². The van der Waals surface area contributed by atoms with Crippen molar-refractivity contribution in [1.29, 1.82) is 0 Å². The van der Waals surface area contributed by atoms with E-state index < -0.39 is 15.3 Å². The second-order valence-corrected chi connectivity index (χ2v) is 16.5. The second-order valence-electron chi connectivity index (χ2n) is 14.6. The molecule has 0 amide bonds. The molecular weight excluding hydrogens is 733 g/mol. The van der Waals surface area contributed by atoms with Crippen LogP contribution in [0.3, 0.4) is 0 Å². The Morgan fingerprint density at radius 3 is 1.45 bits per heavy atom. The van der Waals surface area contributed by atoms with Crippen molar-refractivity contribution in [3.8, 4) is 67.5 Å². The standard InChI is InChI=1S/C51H32N4O2S/c56-58(57)46-22-10-8-20-43(46)51(44-21-9-11-23-47(44)58)42-19-7-6-18-40(42)38-16-4-5-17-39(38)41-29-28-36(31-45(41)51)50-54-48(34-13-2-1-3-14-34)53-49(55-50)35-26-24-33(25-27-35)37-15-12-30-52-32-37/h1-32H. The fourth-order valence-corrected chi connectivity index (χ4v) is 10.7. The number of nitrogens with zero attached hydrogens (tertiary/aromatic N) is 4. The number of hydrogen-bond donors (Lipinski definition) is 0. The van der Waals surface area contributed by atoms with Gasteiger partial charge in [-0.15, -0.1) is 0 Å². The largest absolute Gasteiger partial charge is 0.264 e. The van der Waals surface area contributed by atoms with Gasteiger partial charge >= 0.3 is 0 Å². The summed E-state index contributed by atoms with van der Waals surface area (Å²) in [5.41, 5.74) is 11.1. The molecule has 7 aromatic carbocycles. The summed E-state index contributed by atoms with van der Waals surface area (Å²) in [5, 5.41) is 0. The molecule has 2 aliphatic rings. The van der Waals surface area contributed by atoms with Crippen LogP contribution in [-0.4, -0.2) is 28.4 Å². The summed E-state index contributed by atoms with van der Waals surface area (Å²) in [7, 11) is -3.85. The molecule has 0 atom stereocenters. The fourth-order valence-electron chi connectivity index (χ4n) is 8.93. The van der Waals surface area contributed by atoms with Crippen LogP contribution in [0.4, 0.5) is 0 Å². The Morgan fingerprint density at radius 2 is 0.828 bits per heavy atom. The zero-order chi connectivity index (χ0) is 38.8. The molecule has 6 nitrogen and oxygen atoms in total. The van der Waals surface area contributed by atoms with E-state index in [2.05, 4.69) is 83.8 Å². The van der Waals surface area contributed by atoms with E-state index in [1.807, 2.05) is 97.2 Å². The highest BCUT2D eigenvalue weighted by atomic mass is 32.2. The SMILES string of the molecule is O=S1(=O)c2ccccc2C2(c3ccccc3-c3ccccc3-c3ccc(-c4nc(-c5ccccc5)nc(-c5ccc(-c6cccnc6)cc5)n4)cc32)c2ccccc21. The highest BCUT2D eigenvalue weighted by Crippen LogP contribution is 2.59. The van der Waals surface area contributed by atoms with Gasteiger partial charge in [-0.2, -0.15) is 0 Å². The van der Waals surface area contributed by atoms with Crippen molar-refractivity contribution in [2.45, 2.75) is 15.2 Å². The minimum absolute atomic E-state index is 0.300. The summed E-state index contributed by atoms with van der Waals surface area (Å²) in [6, 6.07) is 60.3. The van der Waals surface area contributed by atoms with Crippen molar-refractivity contribution in [2.24, 2.45) is 0 Å². The summed E-state index contributed by atoms with van der Waals surface area (Å²) in [6.07, 6.45) is 3.62. The van der Waals surface area contributed by atoms with E-state index in [1.165, 1.54) is 0 Å². The van der Waals surface area contributed by atoms with Crippen LogP contribution < -0.4 is 0 Å². The monoisotopic (exact) mass is 764 g/mol. The molecule has 0 bridgehead atoms. The molecule has 0 fully saturated rings. The third kappa shape index (κ3) is 5.07. The Morgan fingerprint density at radius 1 is 0.362 bits per heavy atom. The molecule has 3 heterocycles. The molecule has 0 unspecified atom stereocenters. The molecule has 0 N–H and O–H groups in total. The van der Waals surface area contributed by atoms with Gasteiger partial charge in [-0.25, -0.2) is 23.4 Å². The normalized spacial score (nSPS) is 13.9. The molecule has 1 aliphatic heterocycles. The quantitative estimate of drug-likeness (QED) is 0.177. The van der Waals surface area contributed by atoms with E-state index in [0.717, 1.165) is 61.2 Å². The van der Waals surface area contributed by atoms with Crippen LogP contribution in [0.15, 0.2) is 204 Å². The predicted molar refractivity (Wildman–Crippen MR) is 228 cm³/mol. The van der Waals surface area contributed by atoms with Crippen LogP contribution in [0.5, 0.6) is 0 Å². The number of rotatable bonds is 4. The molecular formula is C51H32N4O2S. The lowest BCUT2D eigenvalue weighted by molar-refractivity contribution is 0.579. The van der Waals surface area contributed by atoms with Gasteiger partial charge < -0.3 is 0 Å². The number of pyridine rings is 1. The number of sulfone groups is 1. The minimum Gasteiger partial charge on any atom is -0.264 e. The third-order valence-electron chi connectivity index (χ3n) is 11.5. The lowest BCUT2D eigenvalue weighted by atomic mass is 9.63. The maximum Gasteiger partial charge on any atom is 0.207 e. The first-order valence-corrected chi connectivity index (χ1v) is 20.6. The number of benzene rings is 7. The van der Waals surface area contributed by atoms with E-state index in [-0.39, 0.29) is 0 Å². The Balaban J connectivity index is 1.21. The Hall–Kier alpha value is -7.35. The molecule has 1 aliphatic carbocycles. The van der Waals surface area contributed by atoms with Crippen molar-refractivity contribution in [1.82, 2.24) is 19.9 Å². The van der Waals surface area contributed by atoms with Gasteiger partial charge in [0.2, 0.25) is 9.84 Å². The van der Waals surface area contributed by atoms with Crippen molar-refractivity contribution >= 4 is 9.84 Å². The van der Waals surface area contributed by atoms with Gasteiger partial charge in [0, 0.05) is 29.1 Å². The second kappa shape index (κ2) is 13.1. The Bertz CT molecular complexity index is 3130. The Kier molecular flexibility index (Phi) is 7.68. The number of hydrogen-bond acceptors (Lipinski definition) is 6. The van der Waals surface area contributed by atoms with Gasteiger partial charge in [0.25, 0.3) is 0 Å². The molecule has 0 saturated carbocycles. The molecule has 58 heavy (non-hydrogen) atoms. The first kappa shape index (κ1) is 33.9. The van der Waals surface area contributed by atoms with Gasteiger partial charge in [-0.05, 0) is 79.9 Å². The van der Waals surface area contributed by atoms with E-state index in [0.29, 0.717) is 38.4 Å². The van der Waals surface area contributed by atoms with Crippen molar-refractivity contribution < 1.29 is 8.42 Å². The average molecular weight is 765 g/mol. The molecule has 0 radical (unpaired) electrons. The predicted octanol–water partition coefficient (Wildman–Crippen LogP) is 11.1. The summed E-state index contributed by atoms with van der Waals surface area (Å²) in [5.74, 6) is 1.60. The first-order chi connectivity index (χ1) is 28.5. The smallest absolute Gasteiger partial charge is 0.207 e. The minimum atomic E-state index is -3.85. The Labute approximate surface area is 336 Å². The zero-order valence-electron chi connectivity index (χ0n) is 31.0. The van der Waals surface area contributed by atoms with Gasteiger partial charge in [-0.1, -0.05) is 158 Å². The lowest BCUT2D eigenvalue weighted by Gasteiger charge is -2.42. The third-order valence-corrected chi connectivity index (χ3v) is 13.4. The molecule has 0 saturated heterocycles.